The summed E-state index contributed by atoms with van der Waals surface area (Å²) < 4.78 is 18.1. The summed E-state index contributed by atoms with van der Waals surface area (Å²) in [5.74, 6) is -5.03. The number of aliphatic hydroxyl groups is 2. The van der Waals surface area contributed by atoms with Crippen LogP contribution in [0, 0.1) is 35.5 Å². The van der Waals surface area contributed by atoms with E-state index < -0.39 is 65.2 Å². The van der Waals surface area contributed by atoms with E-state index in [-0.39, 0.29) is 29.7 Å². The van der Waals surface area contributed by atoms with Gasteiger partial charge >= 0.3 is 17.9 Å². The number of aliphatic hydroxyl groups excluding tert-OH is 1. The van der Waals surface area contributed by atoms with E-state index in [1.54, 1.807) is 18.3 Å². The summed E-state index contributed by atoms with van der Waals surface area (Å²) in [6.07, 6.45) is 3.51. The fraction of sp³-hybridized carbons (Fsp3) is 0.600. The van der Waals surface area contributed by atoms with Gasteiger partial charge in [0.05, 0.1) is 17.1 Å². The highest BCUT2D eigenvalue weighted by Crippen LogP contribution is 2.60. The molecule has 2 saturated carbocycles. The van der Waals surface area contributed by atoms with Gasteiger partial charge in [-0.2, -0.15) is 0 Å². The standard InChI is InChI=1S/C30H39NO8/c1-15(2)21-11-10-16(3)22-23(21)29(7,36)28(35)30(39-19(6)33)13-17(4)25(37-18(5)32)24(30)26(22)38-27(34)20-9-8-12-31-14-20/h8-12,14,16-17,21-26,28,35-36H,1,13H2,2-7H3. The maximum atomic E-state index is 13.6. The molecule has 2 N–H and O–H groups in total. The highest BCUT2D eigenvalue weighted by Gasteiger charge is 2.72. The molecule has 9 nitrogen and oxygen atoms in total. The Kier molecular flexibility index (Phi) is 7.80. The molecule has 0 amide bonds. The van der Waals surface area contributed by atoms with Crippen molar-refractivity contribution in [3.8, 4) is 0 Å². The van der Waals surface area contributed by atoms with Gasteiger partial charge in [0.25, 0.3) is 0 Å². The van der Waals surface area contributed by atoms with Gasteiger partial charge in [-0.15, -0.1) is 0 Å². The highest BCUT2D eigenvalue weighted by atomic mass is 16.6. The van der Waals surface area contributed by atoms with E-state index in [9.17, 15) is 24.6 Å². The molecule has 2 fully saturated rings. The van der Waals surface area contributed by atoms with Crippen molar-refractivity contribution in [2.24, 2.45) is 35.5 Å². The number of nitrogens with zero attached hydrogens (tertiary/aromatic N) is 1. The van der Waals surface area contributed by atoms with Gasteiger partial charge in [-0.1, -0.05) is 38.2 Å². The van der Waals surface area contributed by atoms with Crippen molar-refractivity contribution in [3.63, 3.8) is 0 Å². The van der Waals surface area contributed by atoms with Gasteiger partial charge in [-0.3, -0.25) is 14.6 Å². The van der Waals surface area contributed by atoms with Gasteiger partial charge in [-0.25, -0.2) is 4.79 Å². The molecule has 212 valence electrons. The normalized spacial score (nSPS) is 41.0. The lowest BCUT2D eigenvalue weighted by Gasteiger charge is -2.49. The van der Waals surface area contributed by atoms with E-state index in [1.807, 2.05) is 32.9 Å². The lowest BCUT2D eigenvalue weighted by molar-refractivity contribution is -0.219. The lowest BCUT2D eigenvalue weighted by Crippen LogP contribution is -2.62. The van der Waals surface area contributed by atoms with Crippen molar-refractivity contribution < 1.29 is 38.8 Å². The predicted octanol–water partition coefficient (Wildman–Crippen LogP) is 3.25. The van der Waals surface area contributed by atoms with Gasteiger partial charge in [-0.05, 0) is 44.2 Å². The summed E-state index contributed by atoms with van der Waals surface area (Å²) in [6, 6.07) is 3.20. The Morgan fingerprint density at radius 2 is 1.74 bits per heavy atom. The third-order valence-corrected chi connectivity index (χ3v) is 8.92. The zero-order valence-electron chi connectivity index (χ0n) is 23.4. The minimum Gasteiger partial charge on any atom is -0.462 e. The Hall–Kier alpha value is -3.04. The average molecular weight is 542 g/mol. The van der Waals surface area contributed by atoms with Crippen LogP contribution in [-0.4, -0.2) is 62.6 Å². The molecule has 0 spiro atoms. The Labute approximate surface area is 229 Å². The molecule has 0 saturated heterocycles. The predicted molar refractivity (Wildman–Crippen MR) is 141 cm³/mol. The van der Waals surface area contributed by atoms with E-state index in [1.165, 1.54) is 27.0 Å². The van der Waals surface area contributed by atoms with Crippen LogP contribution in [0.25, 0.3) is 0 Å². The molecular formula is C30H39NO8. The molecule has 39 heavy (non-hydrogen) atoms. The molecule has 1 heterocycles. The third kappa shape index (κ3) is 4.91. The fourth-order valence-corrected chi connectivity index (χ4v) is 7.54. The molecule has 11 atom stereocenters. The lowest BCUT2D eigenvalue weighted by atomic mass is 9.60. The molecule has 4 rings (SSSR count). The van der Waals surface area contributed by atoms with Gasteiger partial charge in [0.2, 0.25) is 0 Å². The number of rotatable bonds is 5. The number of ether oxygens (including phenoxy) is 3. The van der Waals surface area contributed by atoms with Crippen LogP contribution in [0.15, 0.2) is 48.8 Å². The number of fused-ring (bicyclic) bond motifs is 2. The van der Waals surface area contributed by atoms with E-state index in [4.69, 9.17) is 14.2 Å². The van der Waals surface area contributed by atoms with E-state index in [2.05, 4.69) is 11.6 Å². The summed E-state index contributed by atoms with van der Waals surface area (Å²) in [4.78, 5) is 42.5. The highest BCUT2D eigenvalue weighted by molar-refractivity contribution is 5.89. The number of aromatic nitrogens is 1. The maximum Gasteiger partial charge on any atom is 0.339 e. The van der Waals surface area contributed by atoms with Gasteiger partial charge in [0.15, 0.2) is 5.60 Å². The number of carbonyl (C=O) groups excluding carboxylic acids is 3. The van der Waals surface area contributed by atoms with Crippen molar-refractivity contribution >= 4 is 17.9 Å². The van der Waals surface area contributed by atoms with Crippen LogP contribution in [0.5, 0.6) is 0 Å². The third-order valence-electron chi connectivity index (χ3n) is 8.92. The zero-order valence-corrected chi connectivity index (χ0v) is 23.4. The van der Waals surface area contributed by atoms with Gasteiger partial charge in [0, 0.05) is 44.0 Å². The van der Waals surface area contributed by atoms with Gasteiger partial charge < -0.3 is 24.4 Å². The smallest absolute Gasteiger partial charge is 0.339 e. The SMILES string of the molecule is C=C(C)C1C=CC(C)C2C(OC(=O)c3cccnc3)C3C(OC(C)=O)C(C)CC3(OC(C)=O)C(O)C(C)(O)C12. The minimum absolute atomic E-state index is 0.0897. The number of hydrogen-bond donors (Lipinski definition) is 2. The summed E-state index contributed by atoms with van der Waals surface area (Å²) in [6.45, 7) is 13.8. The molecule has 11 unspecified atom stereocenters. The van der Waals surface area contributed by atoms with E-state index in [0.29, 0.717) is 0 Å². The Morgan fingerprint density at radius 1 is 1.05 bits per heavy atom. The first-order valence-corrected chi connectivity index (χ1v) is 13.4. The monoisotopic (exact) mass is 541 g/mol. The van der Waals surface area contributed by atoms with Crippen molar-refractivity contribution in [3.05, 3.63) is 54.4 Å². The van der Waals surface area contributed by atoms with Gasteiger partial charge in [0.1, 0.15) is 18.3 Å². The Balaban J connectivity index is 2.00. The quantitative estimate of drug-likeness (QED) is 0.327. The summed E-state index contributed by atoms with van der Waals surface area (Å²) in [7, 11) is 0. The van der Waals surface area contributed by atoms with Crippen LogP contribution in [0.4, 0.5) is 0 Å². The van der Waals surface area contributed by atoms with Crippen LogP contribution >= 0.6 is 0 Å². The average Bonchev–Trinajstić information content (AvgIpc) is 3.09. The van der Waals surface area contributed by atoms with Crippen molar-refractivity contribution in [2.45, 2.75) is 77.5 Å². The van der Waals surface area contributed by atoms with E-state index >= 15 is 0 Å². The molecule has 1 aromatic rings. The van der Waals surface area contributed by atoms with Crippen LogP contribution < -0.4 is 0 Å². The molecule has 0 aliphatic heterocycles. The zero-order chi connectivity index (χ0) is 28.9. The number of pyridine rings is 1. The second kappa shape index (κ2) is 10.5. The topological polar surface area (TPSA) is 132 Å². The minimum atomic E-state index is -1.80. The number of hydrogen-bond acceptors (Lipinski definition) is 9. The Bertz CT molecular complexity index is 1160. The molecular weight excluding hydrogens is 502 g/mol. The van der Waals surface area contributed by atoms with E-state index in [0.717, 1.165) is 5.57 Å². The van der Waals surface area contributed by atoms with Crippen molar-refractivity contribution in [1.29, 1.82) is 0 Å². The van der Waals surface area contributed by atoms with Crippen molar-refractivity contribution in [2.75, 3.05) is 0 Å². The molecule has 9 heteroatoms. The molecule has 1 aromatic heterocycles. The molecule has 0 bridgehead atoms. The second-order valence-electron chi connectivity index (χ2n) is 11.8. The molecule has 3 aliphatic carbocycles. The Morgan fingerprint density at radius 3 is 2.31 bits per heavy atom. The van der Waals surface area contributed by atoms with Crippen LogP contribution in [0.3, 0.4) is 0 Å². The molecule has 3 aliphatic rings. The molecule has 0 aromatic carbocycles. The number of allylic oxidation sites excluding steroid dienone is 3. The first-order chi connectivity index (χ1) is 18.2. The van der Waals surface area contributed by atoms with Crippen LogP contribution in [0.1, 0.15) is 58.3 Å². The first-order valence-electron chi connectivity index (χ1n) is 13.4. The van der Waals surface area contributed by atoms with Crippen molar-refractivity contribution in [1.82, 2.24) is 4.98 Å². The summed E-state index contributed by atoms with van der Waals surface area (Å²) >= 11 is 0. The van der Waals surface area contributed by atoms with Crippen LogP contribution in [0.2, 0.25) is 0 Å². The molecule has 0 radical (unpaired) electrons. The second-order valence-corrected chi connectivity index (χ2v) is 11.8. The van der Waals surface area contributed by atoms with Crippen LogP contribution in [-0.2, 0) is 23.8 Å². The summed E-state index contributed by atoms with van der Waals surface area (Å²) in [5, 5.41) is 24.3. The summed E-state index contributed by atoms with van der Waals surface area (Å²) in [5.41, 5.74) is -2.53. The first kappa shape index (κ1) is 29.0. The maximum absolute atomic E-state index is 13.6. The fourth-order valence-electron chi connectivity index (χ4n) is 7.54. The number of carbonyl (C=O) groups is 3. The number of esters is 3. The largest absolute Gasteiger partial charge is 0.462 e.